The van der Waals surface area contributed by atoms with E-state index in [0.29, 0.717) is 25.3 Å². The SMILES string of the molecule is COc1ccc(CN(C(=O)COc2ccccc2)[C@@H](C(=O)NCCCOC(C)C)c2ccccc2)cc1. The third-order valence-corrected chi connectivity index (χ3v) is 5.68. The standard InChI is InChI=1S/C30H36N2O5/c1-23(2)36-20-10-19-31-30(34)29(25-11-6-4-7-12-25)32(21-24-15-17-26(35-3)18-16-24)28(33)22-37-27-13-8-5-9-14-27/h4-9,11-18,23,29H,10,19-22H2,1-3H3,(H,31,34)/t29-/m1/s1. The molecule has 0 bridgehead atoms. The van der Waals surface area contributed by atoms with Crippen LogP contribution in [0.3, 0.4) is 0 Å². The van der Waals surface area contributed by atoms with E-state index in [0.717, 1.165) is 16.9 Å². The first-order valence-corrected chi connectivity index (χ1v) is 12.5. The highest BCUT2D eigenvalue weighted by molar-refractivity contribution is 5.89. The molecule has 0 aliphatic rings. The summed E-state index contributed by atoms with van der Waals surface area (Å²) in [5.41, 5.74) is 1.59. The van der Waals surface area contributed by atoms with Crippen LogP contribution >= 0.6 is 0 Å². The molecule has 0 aliphatic carbocycles. The van der Waals surface area contributed by atoms with Gasteiger partial charge in [-0.05, 0) is 55.7 Å². The van der Waals surface area contributed by atoms with Gasteiger partial charge in [0.05, 0.1) is 13.2 Å². The largest absolute Gasteiger partial charge is 0.497 e. The van der Waals surface area contributed by atoms with Crippen LogP contribution in [0.5, 0.6) is 11.5 Å². The van der Waals surface area contributed by atoms with Gasteiger partial charge >= 0.3 is 0 Å². The summed E-state index contributed by atoms with van der Waals surface area (Å²) in [6.07, 6.45) is 0.810. The lowest BCUT2D eigenvalue weighted by Crippen LogP contribution is -2.45. The van der Waals surface area contributed by atoms with E-state index in [1.54, 1.807) is 24.1 Å². The number of ether oxygens (including phenoxy) is 3. The van der Waals surface area contributed by atoms with Crippen molar-refractivity contribution in [2.45, 2.75) is 39.0 Å². The first-order chi connectivity index (χ1) is 18.0. The van der Waals surface area contributed by atoms with Gasteiger partial charge in [-0.25, -0.2) is 0 Å². The molecule has 0 saturated heterocycles. The molecular formula is C30H36N2O5. The molecule has 0 radical (unpaired) electrons. The monoisotopic (exact) mass is 504 g/mol. The molecule has 0 aromatic heterocycles. The highest BCUT2D eigenvalue weighted by atomic mass is 16.5. The summed E-state index contributed by atoms with van der Waals surface area (Å²) in [6.45, 7) is 4.98. The zero-order valence-electron chi connectivity index (χ0n) is 21.8. The van der Waals surface area contributed by atoms with Crippen LogP contribution in [-0.4, -0.2) is 49.7 Å². The molecule has 7 nitrogen and oxygen atoms in total. The molecule has 3 aromatic carbocycles. The number of carbonyl (C=O) groups excluding carboxylic acids is 2. The van der Waals surface area contributed by atoms with Crippen molar-refractivity contribution in [2.24, 2.45) is 0 Å². The molecular weight excluding hydrogens is 468 g/mol. The summed E-state index contributed by atoms with van der Waals surface area (Å²) in [4.78, 5) is 28.7. The average molecular weight is 505 g/mol. The summed E-state index contributed by atoms with van der Waals surface area (Å²) in [7, 11) is 1.60. The van der Waals surface area contributed by atoms with Crippen LogP contribution in [0.25, 0.3) is 0 Å². The first-order valence-electron chi connectivity index (χ1n) is 12.5. The number of benzene rings is 3. The van der Waals surface area contributed by atoms with Crippen LogP contribution in [0.4, 0.5) is 0 Å². The highest BCUT2D eigenvalue weighted by Crippen LogP contribution is 2.25. The summed E-state index contributed by atoms with van der Waals surface area (Å²) < 4.78 is 16.6. The smallest absolute Gasteiger partial charge is 0.261 e. The minimum atomic E-state index is -0.832. The van der Waals surface area contributed by atoms with Crippen LogP contribution in [0.2, 0.25) is 0 Å². The van der Waals surface area contributed by atoms with Crippen LogP contribution in [0.1, 0.15) is 37.4 Å². The van der Waals surface area contributed by atoms with Gasteiger partial charge in [-0.15, -0.1) is 0 Å². The van der Waals surface area contributed by atoms with E-state index in [1.165, 1.54) is 0 Å². The Balaban J connectivity index is 1.84. The number of carbonyl (C=O) groups is 2. The fourth-order valence-electron chi connectivity index (χ4n) is 3.80. The molecule has 196 valence electrons. The van der Waals surface area contributed by atoms with E-state index in [2.05, 4.69) is 5.32 Å². The molecule has 0 aliphatic heterocycles. The topological polar surface area (TPSA) is 77.1 Å². The number of amides is 2. The summed E-state index contributed by atoms with van der Waals surface area (Å²) in [5.74, 6) is 0.755. The quantitative estimate of drug-likeness (QED) is 0.320. The van der Waals surface area contributed by atoms with E-state index < -0.39 is 6.04 Å². The fraction of sp³-hybridized carbons (Fsp3) is 0.333. The van der Waals surface area contributed by atoms with Crippen LogP contribution < -0.4 is 14.8 Å². The lowest BCUT2D eigenvalue weighted by atomic mass is 10.0. The molecule has 7 heteroatoms. The highest BCUT2D eigenvalue weighted by Gasteiger charge is 2.31. The normalized spacial score (nSPS) is 11.6. The second-order valence-electron chi connectivity index (χ2n) is 8.85. The Morgan fingerprint density at radius 3 is 2.14 bits per heavy atom. The van der Waals surface area contributed by atoms with Crippen molar-refractivity contribution in [3.63, 3.8) is 0 Å². The number of nitrogens with zero attached hydrogens (tertiary/aromatic N) is 1. The zero-order chi connectivity index (χ0) is 26.5. The fourth-order valence-corrected chi connectivity index (χ4v) is 3.80. The second kappa shape index (κ2) is 14.7. The minimum Gasteiger partial charge on any atom is -0.497 e. The van der Waals surface area contributed by atoms with Gasteiger partial charge in [0.1, 0.15) is 17.5 Å². The van der Waals surface area contributed by atoms with Crippen LogP contribution in [0.15, 0.2) is 84.9 Å². The first kappa shape index (κ1) is 27.7. The predicted molar refractivity (Wildman–Crippen MR) is 143 cm³/mol. The number of rotatable bonds is 14. The molecule has 0 heterocycles. The Labute approximate surface area is 219 Å². The molecule has 3 rings (SSSR count). The Hall–Kier alpha value is -3.84. The van der Waals surface area contributed by atoms with E-state index >= 15 is 0 Å². The third-order valence-electron chi connectivity index (χ3n) is 5.68. The number of hydrogen-bond acceptors (Lipinski definition) is 5. The third kappa shape index (κ3) is 8.95. The second-order valence-corrected chi connectivity index (χ2v) is 8.85. The van der Waals surface area contributed by atoms with E-state index in [1.807, 2.05) is 86.6 Å². The number of methoxy groups -OCH3 is 1. The molecule has 0 unspecified atom stereocenters. The predicted octanol–water partition coefficient (Wildman–Crippen LogP) is 4.78. The van der Waals surface area contributed by atoms with Gasteiger partial charge < -0.3 is 24.4 Å². The maximum absolute atomic E-state index is 13.6. The summed E-state index contributed by atoms with van der Waals surface area (Å²) in [5, 5.41) is 2.99. The van der Waals surface area contributed by atoms with Gasteiger partial charge in [0.15, 0.2) is 6.61 Å². The van der Waals surface area contributed by atoms with Gasteiger partial charge in [-0.3, -0.25) is 9.59 Å². The van der Waals surface area contributed by atoms with E-state index in [-0.39, 0.29) is 31.1 Å². The molecule has 0 saturated carbocycles. The van der Waals surface area contributed by atoms with E-state index in [9.17, 15) is 9.59 Å². The van der Waals surface area contributed by atoms with Gasteiger partial charge in [0.25, 0.3) is 5.91 Å². The molecule has 1 N–H and O–H groups in total. The molecule has 3 aromatic rings. The van der Waals surface area contributed by atoms with Crippen molar-refractivity contribution in [3.8, 4) is 11.5 Å². The number of para-hydroxylation sites is 1. The van der Waals surface area contributed by atoms with Crippen molar-refractivity contribution < 1.29 is 23.8 Å². The average Bonchev–Trinajstić information content (AvgIpc) is 2.92. The summed E-state index contributed by atoms with van der Waals surface area (Å²) >= 11 is 0. The maximum Gasteiger partial charge on any atom is 0.261 e. The van der Waals surface area contributed by atoms with Crippen molar-refractivity contribution in [2.75, 3.05) is 26.9 Å². The molecule has 0 fully saturated rings. The molecule has 2 amide bonds. The minimum absolute atomic E-state index is 0.134. The van der Waals surface area contributed by atoms with Crippen LogP contribution in [-0.2, 0) is 20.9 Å². The lowest BCUT2D eigenvalue weighted by molar-refractivity contribution is -0.143. The Morgan fingerprint density at radius 1 is 0.865 bits per heavy atom. The number of hydrogen-bond donors (Lipinski definition) is 1. The Bertz CT molecular complexity index is 1090. The molecule has 1 atom stereocenters. The van der Waals surface area contributed by atoms with Gasteiger partial charge in [0.2, 0.25) is 5.91 Å². The van der Waals surface area contributed by atoms with Gasteiger partial charge in [-0.1, -0.05) is 60.7 Å². The van der Waals surface area contributed by atoms with Crippen molar-refractivity contribution in [1.29, 1.82) is 0 Å². The van der Waals surface area contributed by atoms with Crippen molar-refractivity contribution >= 4 is 11.8 Å². The van der Waals surface area contributed by atoms with E-state index in [4.69, 9.17) is 14.2 Å². The zero-order valence-corrected chi connectivity index (χ0v) is 21.8. The maximum atomic E-state index is 13.6. The van der Waals surface area contributed by atoms with Crippen molar-refractivity contribution in [3.05, 3.63) is 96.1 Å². The number of nitrogens with one attached hydrogen (secondary N) is 1. The van der Waals surface area contributed by atoms with Gasteiger partial charge in [0, 0.05) is 19.7 Å². The van der Waals surface area contributed by atoms with Crippen molar-refractivity contribution in [1.82, 2.24) is 10.2 Å². The van der Waals surface area contributed by atoms with Gasteiger partial charge in [-0.2, -0.15) is 0 Å². The summed E-state index contributed by atoms with van der Waals surface area (Å²) in [6, 6.07) is 25.1. The van der Waals surface area contributed by atoms with Crippen LogP contribution in [0, 0.1) is 0 Å². The Morgan fingerprint density at radius 2 is 1.51 bits per heavy atom. The lowest BCUT2D eigenvalue weighted by Gasteiger charge is -2.31. The molecule has 37 heavy (non-hydrogen) atoms. The molecule has 0 spiro atoms. The Kier molecular flexibility index (Phi) is 11.0.